The number of aromatic nitrogens is 3. The Morgan fingerprint density at radius 1 is 1.09 bits per heavy atom. The van der Waals surface area contributed by atoms with E-state index in [4.69, 9.17) is 4.99 Å². The molecule has 4 rings (SSSR count). The average Bonchev–Trinajstić information content (AvgIpc) is 3.46. The molecule has 32 heavy (non-hydrogen) atoms. The minimum atomic E-state index is 0.0385. The van der Waals surface area contributed by atoms with Crippen molar-refractivity contribution in [3.63, 3.8) is 0 Å². The predicted octanol–water partition coefficient (Wildman–Crippen LogP) is 2.16. The van der Waals surface area contributed by atoms with E-state index in [1.54, 1.807) is 4.68 Å². The Morgan fingerprint density at radius 2 is 1.88 bits per heavy atom. The zero-order valence-electron chi connectivity index (χ0n) is 19.3. The van der Waals surface area contributed by atoms with Crippen LogP contribution in [0.3, 0.4) is 0 Å². The molecule has 0 aliphatic carbocycles. The molecule has 1 saturated heterocycles. The second-order valence-corrected chi connectivity index (χ2v) is 8.70. The van der Waals surface area contributed by atoms with E-state index in [2.05, 4.69) is 57.9 Å². The number of rotatable bonds is 9. The van der Waals surface area contributed by atoms with Gasteiger partial charge < -0.3 is 10.6 Å². The minimum Gasteiger partial charge on any atom is -0.357 e. The lowest BCUT2D eigenvalue weighted by molar-refractivity contribution is 0.251. The molecule has 2 aromatic rings. The van der Waals surface area contributed by atoms with E-state index < -0.39 is 0 Å². The van der Waals surface area contributed by atoms with Crippen molar-refractivity contribution in [3.05, 3.63) is 52.2 Å². The molecule has 1 aromatic heterocycles. The molecule has 0 radical (unpaired) electrons. The zero-order chi connectivity index (χ0) is 22.2. The third kappa shape index (κ3) is 5.59. The van der Waals surface area contributed by atoms with E-state index in [0.29, 0.717) is 12.6 Å². The Hall–Kier alpha value is -2.61. The fraction of sp³-hybridized carbons (Fsp3) is 0.625. The summed E-state index contributed by atoms with van der Waals surface area (Å²) in [7, 11) is 0. The number of aliphatic imine (C=N–C) groups is 1. The van der Waals surface area contributed by atoms with Crippen LogP contribution in [-0.2, 0) is 19.5 Å². The maximum atomic E-state index is 12.5. The third-order valence-corrected chi connectivity index (χ3v) is 6.40. The first kappa shape index (κ1) is 22.6. The van der Waals surface area contributed by atoms with Crippen LogP contribution in [0, 0.1) is 0 Å². The van der Waals surface area contributed by atoms with Crippen LogP contribution >= 0.6 is 0 Å². The van der Waals surface area contributed by atoms with Gasteiger partial charge in [-0.15, -0.1) is 0 Å². The van der Waals surface area contributed by atoms with Crippen LogP contribution in [0.2, 0.25) is 0 Å². The monoisotopic (exact) mass is 439 g/mol. The number of guanidine groups is 1. The Balaban J connectivity index is 1.33. The van der Waals surface area contributed by atoms with E-state index in [1.807, 2.05) is 4.57 Å². The van der Waals surface area contributed by atoms with Crippen LogP contribution in [0.15, 0.2) is 40.1 Å². The van der Waals surface area contributed by atoms with Crippen molar-refractivity contribution in [2.75, 3.05) is 32.7 Å². The van der Waals surface area contributed by atoms with Crippen LogP contribution in [0.25, 0.3) is 0 Å². The van der Waals surface area contributed by atoms with Gasteiger partial charge in [-0.3, -0.25) is 14.5 Å². The summed E-state index contributed by atoms with van der Waals surface area (Å²) in [5.41, 5.74) is 1.37. The molecule has 0 saturated carbocycles. The average molecular weight is 440 g/mol. The Labute approximate surface area is 190 Å². The van der Waals surface area contributed by atoms with Gasteiger partial charge in [0.1, 0.15) is 5.82 Å². The van der Waals surface area contributed by atoms with Gasteiger partial charge in [-0.05, 0) is 57.7 Å². The van der Waals surface area contributed by atoms with Gasteiger partial charge in [-0.1, -0.05) is 30.3 Å². The van der Waals surface area contributed by atoms with Crippen molar-refractivity contribution < 1.29 is 0 Å². The van der Waals surface area contributed by atoms with Crippen LogP contribution in [0.5, 0.6) is 0 Å². The lowest BCUT2D eigenvalue weighted by Crippen LogP contribution is -2.39. The first-order chi connectivity index (χ1) is 15.8. The summed E-state index contributed by atoms with van der Waals surface area (Å²) in [4.78, 5) is 19.9. The molecule has 8 heteroatoms. The number of nitrogens with one attached hydrogen (secondary N) is 2. The molecular formula is C24H37N7O. The summed E-state index contributed by atoms with van der Waals surface area (Å²) in [6.07, 6.45) is 6.47. The zero-order valence-corrected chi connectivity index (χ0v) is 19.3. The molecule has 8 nitrogen and oxygen atoms in total. The van der Waals surface area contributed by atoms with Crippen molar-refractivity contribution in [2.45, 2.75) is 64.6 Å². The quantitative estimate of drug-likeness (QED) is 0.356. The number of hydrogen-bond donors (Lipinski definition) is 2. The molecule has 2 N–H and O–H groups in total. The third-order valence-electron chi connectivity index (χ3n) is 6.40. The van der Waals surface area contributed by atoms with Gasteiger partial charge in [-0.2, -0.15) is 5.10 Å². The second kappa shape index (κ2) is 11.3. The summed E-state index contributed by atoms with van der Waals surface area (Å²) < 4.78 is 3.47. The Kier molecular flexibility index (Phi) is 7.98. The van der Waals surface area contributed by atoms with Crippen LogP contribution in [0.1, 0.15) is 56.5 Å². The molecule has 1 aromatic carbocycles. The van der Waals surface area contributed by atoms with Gasteiger partial charge in [0.15, 0.2) is 5.96 Å². The topological polar surface area (TPSA) is 79.5 Å². The first-order valence-electron chi connectivity index (χ1n) is 12.2. The van der Waals surface area contributed by atoms with Crippen LogP contribution in [0.4, 0.5) is 0 Å². The highest BCUT2D eigenvalue weighted by Crippen LogP contribution is 2.25. The summed E-state index contributed by atoms with van der Waals surface area (Å²) in [6, 6.07) is 11.0. The largest absolute Gasteiger partial charge is 0.357 e. The summed E-state index contributed by atoms with van der Waals surface area (Å²) in [6.45, 7) is 8.10. The van der Waals surface area contributed by atoms with Crippen molar-refractivity contribution in [1.82, 2.24) is 29.9 Å². The van der Waals surface area contributed by atoms with Gasteiger partial charge in [-0.25, -0.2) is 9.48 Å². The molecular weight excluding hydrogens is 402 g/mol. The highest BCUT2D eigenvalue weighted by atomic mass is 16.2. The molecule has 1 fully saturated rings. The fourth-order valence-electron chi connectivity index (χ4n) is 4.71. The SMILES string of the molecule is CCNC(=NCC(c1ccccc1)N1CCCC1)NCCCn1nc2n(c1=O)CCCC2. The Morgan fingerprint density at radius 3 is 2.62 bits per heavy atom. The molecule has 174 valence electrons. The number of aryl methyl sites for hydroxylation is 2. The lowest BCUT2D eigenvalue weighted by atomic mass is 10.1. The second-order valence-electron chi connectivity index (χ2n) is 8.70. The van der Waals surface area contributed by atoms with Gasteiger partial charge in [0.05, 0.1) is 12.6 Å². The molecule has 1 unspecified atom stereocenters. The minimum absolute atomic E-state index is 0.0385. The molecule has 3 heterocycles. The van der Waals surface area contributed by atoms with Gasteiger partial charge in [0.2, 0.25) is 0 Å². The lowest BCUT2D eigenvalue weighted by Gasteiger charge is -2.27. The molecule has 2 aliphatic heterocycles. The van der Waals surface area contributed by atoms with Gasteiger partial charge >= 0.3 is 5.69 Å². The standard InChI is InChI=1S/C24H37N7O/c1-2-25-23(26-14-10-18-31-24(32)30-17-7-6-13-22(30)28-31)27-19-21(29-15-8-9-16-29)20-11-4-3-5-12-20/h3-5,11-12,21H,2,6-10,13-19H2,1H3,(H2,25,26,27). The number of benzene rings is 1. The maximum absolute atomic E-state index is 12.5. The summed E-state index contributed by atoms with van der Waals surface area (Å²) in [5, 5.41) is 11.3. The molecule has 2 aliphatic rings. The van der Waals surface area contributed by atoms with E-state index in [-0.39, 0.29) is 5.69 Å². The maximum Gasteiger partial charge on any atom is 0.345 e. The molecule has 0 bridgehead atoms. The van der Waals surface area contributed by atoms with Gasteiger partial charge in [0.25, 0.3) is 0 Å². The fourth-order valence-corrected chi connectivity index (χ4v) is 4.71. The van der Waals surface area contributed by atoms with Crippen molar-refractivity contribution in [3.8, 4) is 0 Å². The first-order valence-corrected chi connectivity index (χ1v) is 12.2. The number of hydrogen-bond acceptors (Lipinski definition) is 4. The van der Waals surface area contributed by atoms with Gasteiger partial charge in [0, 0.05) is 32.6 Å². The predicted molar refractivity (Wildman–Crippen MR) is 128 cm³/mol. The number of fused-ring (bicyclic) bond motifs is 1. The van der Waals surface area contributed by atoms with Crippen molar-refractivity contribution in [2.24, 2.45) is 4.99 Å². The highest BCUT2D eigenvalue weighted by molar-refractivity contribution is 5.79. The smallest absolute Gasteiger partial charge is 0.345 e. The Bertz CT molecular complexity index is 928. The van der Waals surface area contributed by atoms with Crippen LogP contribution in [-0.4, -0.2) is 57.9 Å². The van der Waals surface area contributed by atoms with E-state index in [1.165, 1.54) is 18.4 Å². The highest BCUT2D eigenvalue weighted by Gasteiger charge is 2.23. The van der Waals surface area contributed by atoms with E-state index >= 15 is 0 Å². The number of likely N-dealkylation sites (tertiary alicyclic amines) is 1. The summed E-state index contributed by atoms with van der Waals surface area (Å²) >= 11 is 0. The van der Waals surface area contributed by atoms with E-state index in [9.17, 15) is 4.79 Å². The van der Waals surface area contributed by atoms with Crippen molar-refractivity contribution >= 4 is 5.96 Å². The summed E-state index contributed by atoms with van der Waals surface area (Å²) in [5.74, 6) is 1.78. The molecule has 0 amide bonds. The van der Waals surface area contributed by atoms with Crippen LogP contribution < -0.4 is 16.3 Å². The van der Waals surface area contributed by atoms with Crippen molar-refractivity contribution in [1.29, 1.82) is 0 Å². The number of nitrogens with zero attached hydrogens (tertiary/aromatic N) is 5. The normalized spacial score (nSPS) is 17.8. The molecule has 1 atom stereocenters. The van der Waals surface area contributed by atoms with E-state index in [0.717, 1.165) is 76.7 Å². The molecule has 0 spiro atoms.